The molecule has 0 heterocycles. The lowest BCUT2D eigenvalue weighted by Crippen LogP contribution is -2.14. The molecule has 0 saturated heterocycles. The molecule has 0 saturated carbocycles. The molecule has 0 aliphatic heterocycles. The number of alkyl halides is 3. The van der Waals surface area contributed by atoms with Crippen molar-refractivity contribution >= 4 is 22.6 Å². The smallest absolute Gasteiger partial charge is 0.326 e. The molecule has 6 heteroatoms. The minimum atomic E-state index is -4.56. The van der Waals surface area contributed by atoms with E-state index in [1.165, 1.54) is 0 Å². The van der Waals surface area contributed by atoms with Gasteiger partial charge in [-0.25, -0.2) is 4.39 Å². The van der Waals surface area contributed by atoms with Crippen LogP contribution >= 0.6 is 22.6 Å². The van der Waals surface area contributed by atoms with Gasteiger partial charge in [-0.1, -0.05) is 0 Å². The zero-order valence-corrected chi connectivity index (χ0v) is 8.99. The average molecular weight is 319 g/mol. The van der Waals surface area contributed by atoms with E-state index >= 15 is 0 Å². The van der Waals surface area contributed by atoms with E-state index in [2.05, 4.69) is 0 Å². The molecule has 0 bridgehead atoms. The van der Waals surface area contributed by atoms with E-state index in [0.29, 0.717) is 0 Å². The maximum absolute atomic E-state index is 13.1. The van der Waals surface area contributed by atoms with Crippen LogP contribution < -0.4 is 5.73 Å². The summed E-state index contributed by atoms with van der Waals surface area (Å²) < 4.78 is 50.4. The van der Waals surface area contributed by atoms with Gasteiger partial charge in [-0.05, 0) is 34.7 Å². The molecule has 2 N–H and O–H groups in total. The Hall–Kier alpha value is -0.370. The van der Waals surface area contributed by atoms with Crippen LogP contribution in [0.1, 0.15) is 11.1 Å². The topological polar surface area (TPSA) is 26.0 Å². The molecule has 1 rings (SSSR count). The maximum Gasteiger partial charge on any atom is 0.416 e. The van der Waals surface area contributed by atoms with Gasteiger partial charge >= 0.3 is 6.18 Å². The molecule has 0 aliphatic rings. The third kappa shape index (κ3) is 2.35. The molecule has 1 nitrogen and oxygen atoms in total. The van der Waals surface area contributed by atoms with Gasteiger partial charge in [0.05, 0.1) is 5.56 Å². The molecule has 1 aromatic carbocycles. The van der Waals surface area contributed by atoms with Crippen molar-refractivity contribution in [3.63, 3.8) is 0 Å². The summed E-state index contributed by atoms with van der Waals surface area (Å²) in [6.07, 6.45) is -4.56. The van der Waals surface area contributed by atoms with Crippen LogP contribution in [0.4, 0.5) is 17.6 Å². The second-order valence-electron chi connectivity index (χ2n) is 2.62. The Bertz CT molecular complexity index is 348. The van der Waals surface area contributed by atoms with Gasteiger partial charge in [-0.3, -0.25) is 0 Å². The molecule has 0 amide bonds. The predicted molar refractivity (Wildman–Crippen MR) is 52.0 cm³/mol. The number of nitrogens with two attached hydrogens (primary N) is 1. The van der Waals surface area contributed by atoms with Gasteiger partial charge in [0.15, 0.2) is 0 Å². The zero-order chi connectivity index (χ0) is 10.9. The highest BCUT2D eigenvalue weighted by Gasteiger charge is 2.34. The molecule has 78 valence electrons. The fraction of sp³-hybridized carbons (Fsp3) is 0.250. The summed E-state index contributed by atoms with van der Waals surface area (Å²) >= 11 is 1.62. The van der Waals surface area contributed by atoms with Gasteiger partial charge in [-0.2, -0.15) is 13.2 Å². The first-order valence-corrected chi connectivity index (χ1v) is 4.69. The van der Waals surface area contributed by atoms with Crippen LogP contribution in [-0.4, -0.2) is 0 Å². The molecule has 0 spiro atoms. The first kappa shape index (κ1) is 11.7. The monoisotopic (exact) mass is 319 g/mol. The normalized spacial score (nSPS) is 11.9. The van der Waals surface area contributed by atoms with E-state index in [4.69, 9.17) is 5.73 Å². The molecule has 1 aromatic rings. The van der Waals surface area contributed by atoms with E-state index in [9.17, 15) is 17.6 Å². The highest BCUT2D eigenvalue weighted by Crippen LogP contribution is 2.34. The molecule has 14 heavy (non-hydrogen) atoms. The number of rotatable bonds is 1. The summed E-state index contributed by atoms with van der Waals surface area (Å²) in [6, 6.07) is 1.91. The highest BCUT2D eigenvalue weighted by atomic mass is 127. The summed E-state index contributed by atoms with van der Waals surface area (Å²) in [5.41, 5.74) is 3.57. The summed E-state index contributed by atoms with van der Waals surface area (Å²) in [7, 11) is 0. The molecule has 0 aromatic heterocycles. The Labute approximate surface area is 91.4 Å². The van der Waals surface area contributed by atoms with Crippen molar-refractivity contribution in [2.75, 3.05) is 0 Å². The highest BCUT2D eigenvalue weighted by molar-refractivity contribution is 14.1. The standard InChI is InChI=1S/C8H6F4IN/c9-7-2-4(13)1-6(5(7)3-14)8(10,11)12/h1-2H,3,14H2. The molecule has 0 fully saturated rings. The molecular formula is C8H6F4IN. The summed E-state index contributed by atoms with van der Waals surface area (Å²) in [4.78, 5) is 0. The van der Waals surface area contributed by atoms with Crippen LogP contribution in [0.25, 0.3) is 0 Å². The third-order valence-corrected chi connectivity index (χ3v) is 2.29. The second kappa shape index (κ2) is 4.01. The predicted octanol–water partition coefficient (Wildman–Crippen LogP) is 2.91. The van der Waals surface area contributed by atoms with Gasteiger partial charge in [0, 0.05) is 15.7 Å². The quantitative estimate of drug-likeness (QED) is 0.625. The van der Waals surface area contributed by atoms with Gasteiger partial charge in [0.2, 0.25) is 0 Å². The molecular weight excluding hydrogens is 313 g/mol. The van der Waals surface area contributed by atoms with Gasteiger partial charge < -0.3 is 5.73 Å². The van der Waals surface area contributed by atoms with Crippen molar-refractivity contribution in [2.24, 2.45) is 5.73 Å². The Morgan fingerprint density at radius 3 is 2.29 bits per heavy atom. The van der Waals surface area contributed by atoms with E-state index in [-0.39, 0.29) is 3.57 Å². The maximum atomic E-state index is 13.1. The Morgan fingerprint density at radius 1 is 1.29 bits per heavy atom. The van der Waals surface area contributed by atoms with Crippen LogP contribution in [0.5, 0.6) is 0 Å². The minimum absolute atomic E-state index is 0.199. The van der Waals surface area contributed by atoms with E-state index < -0.39 is 29.7 Å². The molecule has 0 radical (unpaired) electrons. The molecule has 0 atom stereocenters. The van der Waals surface area contributed by atoms with Gasteiger partial charge in [0.1, 0.15) is 5.82 Å². The lowest BCUT2D eigenvalue weighted by atomic mass is 10.1. The summed E-state index contributed by atoms with van der Waals surface area (Å²) in [5.74, 6) is -0.910. The van der Waals surface area contributed by atoms with Crippen LogP contribution in [0.3, 0.4) is 0 Å². The second-order valence-corrected chi connectivity index (χ2v) is 3.86. The molecule has 0 aliphatic carbocycles. The molecule has 0 unspecified atom stereocenters. The van der Waals surface area contributed by atoms with Gasteiger partial charge in [-0.15, -0.1) is 0 Å². The Balaban J connectivity index is 3.40. The largest absolute Gasteiger partial charge is 0.416 e. The third-order valence-electron chi connectivity index (χ3n) is 1.67. The fourth-order valence-corrected chi connectivity index (χ4v) is 1.65. The van der Waals surface area contributed by atoms with E-state index in [1.54, 1.807) is 22.6 Å². The lowest BCUT2D eigenvalue weighted by molar-refractivity contribution is -0.138. The first-order chi connectivity index (χ1) is 6.36. The SMILES string of the molecule is NCc1c(F)cc(I)cc1C(F)(F)F. The summed E-state index contributed by atoms with van der Waals surface area (Å²) in [6.45, 7) is -0.461. The summed E-state index contributed by atoms with van der Waals surface area (Å²) in [5, 5.41) is 0. The number of hydrogen-bond acceptors (Lipinski definition) is 1. The van der Waals surface area contributed by atoms with Crippen molar-refractivity contribution in [3.8, 4) is 0 Å². The zero-order valence-electron chi connectivity index (χ0n) is 6.83. The van der Waals surface area contributed by atoms with Crippen molar-refractivity contribution in [1.82, 2.24) is 0 Å². The van der Waals surface area contributed by atoms with Crippen LogP contribution in [-0.2, 0) is 12.7 Å². The van der Waals surface area contributed by atoms with Crippen LogP contribution in [0.15, 0.2) is 12.1 Å². The van der Waals surface area contributed by atoms with E-state index in [1.807, 2.05) is 0 Å². The fourth-order valence-electron chi connectivity index (χ4n) is 1.06. The Kier molecular flexibility index (Phi) is 3.36. The average Bonchev–Trinajstić information content (AvgIpc) is 2.01. The lowest BCUT2D eigenvalue weighted by Gasteiger charge is -2.12. The van der Waals surface area contributed by atoms with Crippen molar-refractivity contribution in [1.29, 1.82) is 0 Å². The first-order valence-electron chi connectivity index (χ1n) is 3.61. The number of halogens is 5. The van der Waals surface area contributed by atoms with Crippen LogP contribution in [0.2, 0.25) is 0 Å². The van der Waals surface area contributed by atoms with Gasteiger partial charge in [0.25, 0.3) is 0 Å². The number of benzene rings is 1. The van der Waals surface area contributed by atoms with E-state index in [0.717, 1.165) is 12.1 Å². The minimum Gasteiger partial charge on any atom is -0.326 e. The van der Waals surface area contributed by atoms with Crippen molar-refractivity contribution in [2.45, 2.75) is 12.7 Å². The Morgan fingerprint density at radius 2 is 1.86 bits per heavy atom. The van der Waals surface area contributed by atoms with Crippen LogP contribution in [0, 0.1) is 9.39 Å². The number of hydrogen-bond donors (Lipinski definition) is 1. The van der Waals surface area contributed by atoms with Crippen molar-refractivity contribution in [3.05, 3.63) is 32.6 Å². The van der Waals surface area contributed by atoms with Crippen molar-refractivity contribution < 1.29 is 17.6 Å².